The summed E-state index contributed by atoms with van der Waals surface area (Å²) in [5.74, 6) is -22.4. The molecule has 10 nitrogen and oxygen atoms in total. The largest absolute Gasteiger partial charge is 0.503 e. The van der Waals surface area contributed by atoms with Gasteiger partial charge in [0, 0.05) is 16.0 Å². The second-order valence-electron chi connectivity index (χ2n) is 14.4. The van der Waals surface area contributed by atoms with Gasteiger partial charge in [0.25, 0.3) is 11.8 Å². The molecule has 5 aromatic rings. The van der Waals surface area contributed by atoms with Gasteiger partial charge in [-0.25, -0.2) is 31.8 Å². The van der Waals surface area contributed by atoms with E-state index >= 15 is 8.78 Å². The number of rotatable bonds is 5. The van der Waals surface area contributed by atoms with Gasteiger partial charge in [-0.05, 0) is 98.6 Å². The third kappa shape index (κ3) is 5.23. The van der Waals surface area contributed by atoms with Crippen molar-refractivity contribution in [2.24, 2.45) is 17.8 Å². The van der Waals surface area contributed by atoms with Gasteiger partial charge in [-0.15, -0.1) is 23.2 Å². The number of benzene rings is 4. The molecular formula is C40H22Br2Cl2F5N3O7. The monoisotopic (exact) mass is 979 g/mol. The topological polar surface area (TPSA) is 130 Å². The van der Waals surface area contributed by atoms with Gasteiger partial charge in [-0.3, -0.25) is 24.1 Å². The Hall–Kier alpha value is -4.84. The van der Waals surface area contributed by atoms with E-state index in [-0.39, 0.29) is 42.8 Å². The number of allylic oxidation sites excluding steroid dienone is 2. The van der Waals surface area contributed by atoms with Gasteiger partial charge in [0.15, 0.2) is 50.1 Å². The van der Waals surface area contributed by atoms with Crippen LogP contribution in [0.2, 0.25) is 0 Å². The van der Waals surface area contributed by atoms with E-state index in [0.29, 0.717) is 22.6 Å². The van der Waals surface area contributed by atoms with E-state index < -0.39 is 104 Å². The van der Waals surface area contributed by atoms with Crippen molar-refractivity contribution in [3.05, 3.63) is 110 Å². The number of oxazole rings is 1. The minimum Gasteiger partial charge on any atom is -0.503 e. The van der Waals surface area contributed by atoms with Crippen molar-refractivity contribution >= 4 is 101 Å². The van der Waals surface area contributed by atoms with Crippen LogP contribution in [-0.2, 0) is 19.2 Å². The molecule has 0 radical (unpaired) electrons. The van der Waals surface area contributed by atoms with Gasteiger partial charge < -0.3 is 14.3 Å². The highest BCUT2D eigenvalue weighted by Crippen LogP contribution is 2.67. The minimum absolute atomic E-state index is 0.00442. The zero-order chi connectivity index (χ0) is 42.2. The van der Waals surface area contributed by atoms with Gasteiger partial charge >= 0.3 is 0 Å². The number of nitrogens with zero attached hydrogens (tertiary/aromatic N) is 3. The lowest BCUT2D eigenvalue weighted by Gasteiger charge is -2.51. The molecule has 0 spiro atoms. The van der Waals surface area contributed by atoms with Crippen molar-refractivity contribution in [3.8, 4) is 23.0 Å². The molecule has 302 valence electrons. The van der Waals surface area contributed by atoms with Crippen LogP contribution >= 0.6 is 55.1 Å². The molecular weight excluding hydrogens is 960 g/mol. The summed E-state index contributed by atoms with van der Waals surface area (Å²) in [7, 11) is 1.21. The number of phenols is 1. The van der Waals surface area contributed by atoms with Crippen molar-refractivity contribution in [2.45, 2.75) is 28.5 Å². The molecule has 3 heterocycles. The highest BCUT2D eigenvalue weighted by Gasteiger charge is 2.77. The summed E-state index contributed by atoms with van der Waals surface area (Å²) in [5.41, 5.74) is 0.216. The highest BCUT2D eigenvalue weighted by molar-refractivity contribution is 9.13. The van der Waals surface area contributed by atoms with Gasteiger partial charge in [0.1, 0.15) is 11.2 Å². The van der Waals surface area contributed by atoms with Crippen LogP contribution in [0.15, 0.2) is 79.6 Å². The van der Waals surface area contributed by atoms with Crippen LogP contribution in [0.1, 0.15) is 24.3 Å². The maximum atomic E-state index is 15.4. The lowest BCUT2D eigenvalue weighted by molar-refractivity contribution is -0.125. The molecule has 4 aromatic carbocycles. The number of methoxy groups -OCH3 is 1. The lowest BCUT2D eigenvalue weighted by atomic mass is 9.56. The zero-order valence-electron chi connectivity index (χ0n) is 29.6. The van der Waals surface area contributed by atoms with Gasteiger partial charge in [0.05, 0.1) is 29.1 Å². The number of anilines is 2. The summed E-state index contributed by atoms with van der Waals surface area (Å²) in [6.45, 7) is 0. The third-order valence-corrected chi connectivity index (χ3v) is 15.2. The average molecular weight is 982 g/mol. The molecule has 9 rings (SSSR count). The summed E-state index contributed by atoms with van der Waals surface area (Å²) < 4.78 is 85.5. The molecule has 1 saturated carbocycles. The number of hydrogen-bond donors (Lipinski definition) is 1. The second kappa shape index (κ2) is 13.6. The van der Waals surface area contributed by atoms with Crippen LogP contribution < -0.4 is 14.5 Å². The highest BCUT2D eigenvalue weighted by atomic mass is 79.9. The van der Waals surface area contributed by atoms with Crippen molar-refractivity contribution in [1.29, 1.82) is 0 Å². The summed E-state index contributed by atoms with van der Waals surface area (Å²) in [4.78, 5) is 57.6. The van der Waals surface area contributed by atoms with Gasteiger partial charge in [0.2, 0.25) is 23.5 Å². The maximum Gasteiger partial charge on any atom is 0.258 e. The fourth-order valence-electron chi connectivity index (χ4n) is 8.89. The van der Waals surface area contributed by atoms with Crippen molar-refractivity contribution in [3.63, 3.8) is 0 Å². The number of carbonyl (C=O) groups is 4. The average Bonchev–Trinajstić information content (AvgIpc) is 3.82. The molecule has 6 unspecified atom stereocenters. The number of phenolic OH excluding ortho intramolecular Hbond substituents is 1. The quantitative estimate of drug-likeness (QED) is 0.0461. The standard InChI is InChI=1S/C40H22Br2Cl2F5N3O7/c1-58-22-12-18(25(41)26(42)33(22)53)24-16-10-11-17-23(36(55)51(35(17)54)15-8-6-14(7-9-15)34-50-20-4-2-3-5-21(20)59-34)19(16)13-39(43)37(56)52(38(57)40(24,39)44)32-30(48)28(46)27(45)29(47)31(32)49/h2-10,12,17,19,23-24,53H,11,13H2,1H3. The molecule has 4 amide bonds. The number of aromatic hydroxyl groups is 1. The summed E-state index contributed by atoms with van der Waals surface area (Å²) in [6, 6.07) is 14.7. The van der Waals surface area contributed by atoms with E-state index in [1.807, 2.05) is 0 Å². The van der Waals surface area contributed by atoms with Crippen LogP contribution in [0.25, 0.3) is 22.6 Å². The summed E-state index contributed by atoms with van der Waals surface area (Å²) in [6.07, 6.45) is 0.769. The predicted octanol–water partition coefficient (Wildman–Crippen LogP) is 9.20. The Morgan fingerprint density at radius 2 is 1.49 bits per heavy atom. The van der Waals surface area contributed by atoms with E-state index in [9.17, 15) is 37.5 Å². The molecule has 3 fully saturated rings. The number of amides is 4. The normalized spacial score (nSPS) is 26.4. The Bertz CT molecular complexity index is 2730. The molecule has 4 aliphatic rings. The molecule has 19 heteroatoms. The van der Waals surface area contributed by atoms with Crippen molar-refractivity contribution < 1.29 is 55.4 Å². The number of carbonyl (C=O) groups excluding carboxylic acids is 4. The van der Waals surface area contributed by atoms with Crippen LogP contribution in [0.4, 0.5) is 33.3 Å². The molecule has 1 N–H and O–H groups in total. The lowest BCUT2D eigenvalue weighted by Crippen LogP contribution is -2.60. The molecule has 2 aliphatic heterocycles. The van der Waals surface area contributed by atoms with E-state index in [1.54, 1.807) is 42.5 Å². The third-order valence-electron chi connectivity index (χ3n) is 11.6. The van der Waals surface area contributed by atoms with Gasteiger partial charge in [-0.2, -0.15) is 0 Å². The minimum atomic E-state index is -2.79. The van der Waals surface area contributed by atoms with Crippen LogP contribution in [0.5, 0.6) is 11.5 Å². The molecule has 1 aromatic heterocycles. The smallest absolute Gasteiger partial charge is 0.258 e. The predicted molar refractivity (Wildman–Crippen MR) is 208 cm³/mol. The Labute approximate surface area is 355 Å². The number of aromatic nitrogens is 1. The fourth-order valence-corrected chi connectivity index (χ4v) is 10.8. The van der Waals surface area contributed by atoms with Crippen LogP contribution in [-0.4, -0.2) is 50.6 Å². The second-order valence-corrected chi connectivity index (χ2v) is 17.2. The number of halogens is 9. The number of fused-ring (bicyclic) bond motifs is 5. The number of ether oxygens (including phenoxy) is 1. The first-order valence-corrected chi connectivity index (χ1v) is 19.9. The number of hydrogen-bond acceptors (Lipinski definition) is 8. The van der Waals surface area contributed by atoms with E-state index in [2.05, 4.69) is 36.8 Å². The van der Waals surface area contributed by atoms with Crippen LogP contribution in [0.3, 0.4) is 0 Å². The summed E-state index contributed by atoms with van der Waals surface area (Å²) in [5, 5.41) is 10.8. The Morgan fingerprint density at radius 3 is 2.14 bits per heavy atom. The molecule has 0 bridgehead atoms. The van der Waals surface area contributed by atoms with Crippen molar-refractivity contribution in [2.75, 3.05) is 16.9 Å². The van der Waals surface area contributed by atoms with Crippen molar-refractivity contribution in [1.82, 2.24) is 4.98 Å². The van der Waals surface area contributed by atoms with E-state index in [1.165, 1.54) is 25.3 Å². The zero-order valence-corrected chi connectivity index (χ0v) is 34.3. The number of imide groups is 2. The first-order valence-electron chi connectivity index (χ1n) is 17.5. The fraction of sp³-hybridized carbons (Fsp3) is 0.225. The first kappa shape index (κ1) is 39.6. The maximum absolute atomic E-state index is 15.4. The number of para-hydroxylation sites is 2. The Balaban J connectivity index is 1.18. The SMILES string of the molecule is COc1cc(C2C3=CCC4C(=O)N(c5ccc(-c6nc7ccccc7o6)cc5)C(=O)C4C3CC3(Cl)C(=O)N(c4c(F)c(F)c(F)c(F)c4F)C(=O)C23Cl)c(Br)c(Br)c1O. The number of alkyl halides is 2. The van der Waals surface area contributed by atoms with E-state index in [0.717, 1.165) is 4.90 Å². The van der Waals surface area contributed by atoms with Crippen LogP contribution in [0, 0.1) is 46.8 Å². The Kier molecular flexibility index (Phi) is 9.12. The summed E-state index contributed by atoms with van der Waals surface area (Å²) >= 11 is 21.2. The van der Waals surface area contributed by atoms with Gasteiger partial charge in [-0.1, -0.05) is 23.8 Å². The first-order chi connectivity index (χ1) is 28.0. The molecule has 2 aliphatic carbocycles. The molecule has 6 atom stereocenters. The molecule has 2 saturated heterocycles. The molecule has 59 heavy (non-hydrogen) atoms. The van der Waals surface area contributed by atoms with E-state index in [4.69, 9.17) is 32.4 Å². The Morgan fingerprint density at radius 1 is 0.847 bits per heavy atom.